The third-order valence-electron chi connectivity index (χ3n) is 3.90. The van der Waals surface area contributed by atoms with Crippen LogP contribution in [0.4, 0.5) is 0 Å². The number of aryl methyl sites for hydroxylation is 3. The predicted octanol–water partition coefficient (Wildman–Crippen LogP) is 2.97. The van der Waals surface area contributed by atoms with Crippen molar-refractivity contribution in [2.24, 2.45) is 7.05 Å². The highest BCUT2D eigenvalue weighted by Crippen LogP contribution is 2.21. The minimum atomic E-state index is 0.291. The molecule has 1 atom stereocenters. The monoisotopic (exact) mass is 286 g/mol. The quantitative estimate of drug-likeness (QED) is 0.851. The van der Waals surface area contributed by atoms with Crippen molar-refractivity contribution in [2.45, 2.75) is 46.1 Å². The first-order chi connectivity index (χ1) is 10.2. The molecule has 0 aromatic carbocycles. The molecule has 0 aliphatic rings. The standard InChI is InChI=1S/C17H26N4/c1-5-8-19-17(16-12-18-9-7-13(16)3)11-15-10-14(6-2)20-21(15)4/h7,9-10,12,17,19H,5-6,8,11H2,1-4H3. The Morgan fingerprint density at radius 3 is 2.76 bits per heavy atom. The number of hydrogen-bond acceptors (Lipinski definition) is 3. The van der Waals surface area contributed by atoms with Crippen LogP contribution in [0.25, 0.3) is 0 Å². The number of aromatic nitrogens is 3. The molecule has 4 nitrogen and oxygen atoms in total. The van der Waals surface area contributed by atoms with Crippen LogP contribution in [0.3, 0.4) is 0 Å². The SMILES string of the molecule is CCCNC(Cc1cc(CC)nn1C)c1cnccc1C. The maximum absolute atomic E-state index is 4.55. The maximum Gasteiger partial charge on any atom is 0.0624 e. The molecule has 0 bridgehead atoms. The van der Waals surface area contributed by atoms with Gasteiger partial charge in [0.25, 0.3) is 0 Å². The number of nitrogens with one attached hydrogen (secondary N) is 1. The minimum Gasteiger partial charge on any atom is -0.310 e. The van der Waals surface area contributed by atoms with Gasteiger partial charge in [0.1, 0.15) is 0 Å². The number of rotatable bonds is 7. The largest absolute Gasteiger partial charge is 0.310 e. The fourth-order valence-corrected chi connectivity index (χ4v) is 2.60. The molecular weight excluding hydrogens is 260 g/mol. The predicted molar refractivity (Wildman–Crippen MR) is 86.3 cm³/mol. The van der Waals surface area contributed by atoms with E-state index in [2.05, 4.69) is 48.3 Å². The Morgan fingerprint density at radius 1 is 1.33 bits per heavy atom. The Bertz CT molecular complexity index is 574. The highest BCUT2D eigenvalue weighted by atomic mass is 15.3. The molecule has 1 N–H and O–H groups in total. The summed E-state index contributed by atoms with van der Waals surface area (Å²) in [5.41, 5.74) is 5.00. The van der Waals surface area contributed by atoms with Gasteiger partial charge >= 0.3 is 0 Å². The molecule has 0 saturated carbocycles. The molecule has 0 fully saturated rings. The van der Waals surface area contributed by atoms with Crippen LogP contribution in [0.1, 0.15) is 48.8 Å². The van der Waals surface area contributed by atoms with E-state index in [1.54, 1.807) is 0 Å². The molecule has 1 unspecified atom stereocenters. The van der Waals surface area contributed by atoms with Gasteiger partial charge in [-0.15, -0.1) is 0 Å². The van der Waals surface area contributed by atoms with Gasteiger partial charge in [-0.2, -0.15) is 5.10 Å². The van der Waals surface area contributed by atoms with Crippen molar-refractivity contribution in [1.82, 2.24) is 20.1 Å². The van der Waals surface area contributed by atoms with Crippen molar-refractivity contribution in [2.75, 3.05) is 6.54 Å². The van der Waals surface area contributed by atoms with Gasteiger partial charge in [0, 0.05) is 37.6 Å². The van der Waals surface area contributed by atoms with Gasteiger partial charge in [0.15, 0.2) is 0 Å². The fraction of sp³-hybridized carbons (Fsp3) is 0.529. The zero-order valence-electron chi connectivity index (χ0n) is 13.6. The van der Waals surface area contributed by atoms with Crippen LogP contribution >= 0.6 is 0 Å². The van der Waals surface area contributed by atoms with Crippen LogP contribution in [-0.4, -0.2) is 21.3 Å². The molecule has 114 valence electrons. The first kappa shape index (κ1) is 15.7. The van der Waals surface area contributed by atoms with Crippen LogP contribution in [-0.2, 0) is 19.9 Å². The summed E-state index contributed by atoms with van der Waals surface area (Å²) < 4.78 is 2.01. The second kappa shape index (κ2) is 7.36. The molecule has 21 heavy (non-hydrogen) atoms. The van der Waals surface area contributed by atoms with Crippen molar-refractivity contribution in [3.8, 4) is 0 Å². The highest BCUT2D eigenvalue weighted by Gasteiger charge is 2.16. The lowest BCUT2D eigenvalue weighted by molar-refractivity contribution is 0.509. The lowest BCUT2D eigenvalue weighted by atomic mass is 9.99. The topological polar surface area (TPSA) is 42.7 Å². The van der Waals surface area contributed by atoms with Crippen LogP contribution in [0, 0.1) is 6.92 Å². The van der Waals surface area contributed by atoms with Crippen molar-refractivity contribution in [3.05, 3.63) is 47.0 Å². The molecule has 0 saturated heterocycles. The van der Waals surface area contributed by atoms with E-state index in [1.807, 2.05) is 24.1 Å². The third kappa shape index (κ3) is 3.91. The molecule has 0 amide bonds. The Hall–Kier alpha value is -1.68. The van der Waals surface area contributed by atoms with Crippen LogP contribution in [0.2, 0.25) is 0 Å². The first-order valence-corrected chi connectivity index (χ1v) is 7.81. The summed E-state index contributed by atoms with van der Waals surface area (Å²) in [5.74, 6) is 0. The van der Waals surface area contributed by atoms with Gasteiger partial charge in [-0.1, -0.05) is 13.8 Å². The van der Waals surface area contributed by atoms with Crippen molar-refractivity contribution >= 4 is 0 Å². The average molecular weight is 286 g/mol. The van der Waals surface area contributed by atoms with Crippen molar-refractivity contribution in [3.63, 3.8) is 0 Å². The molecule has 0 aliphatic carbocycles. The second-order valence-corrected chi connectivity index (χ2v) is 5.55. The van der Waals surface area contributed by atoms with Gasteiger partial charge in [0.2, 0.25) is 0 Å². The highest BCUT2D eigenvalue weighted by molar-refractivity contribution is 5.27. The van der Waals surface area contributed by atoms with Gasteiger partial charge in [-0.3, -0.25) is 9.67 Å². The van der Waals surface area contributed by atoms with Gasteiger partial charge in [-0.05, 0) is 49.6 Å². The molecule has 0 spiro atoms. The Labute approximate surface area is 127 Å². The van der Waals surface area contributed by atoms with Crippen LogP contribution < -0.4 is 5.32 Å². The Morgan fingerprint density at radius 2 is 2.14 bits per heavy atom. The van der Waals surface area contributed by atoms with E-state index in [0.29, 0.717) is 6.04 Å². The fourth-order valence-electron chi connectivity index (χ4n) is 2.60. The van der Waals surface area contributed by atoms with Gasteiger partial charge in [-0.25, -0.2) is 0 Å². The normalized spacial score (nSPS) is 12.6. The van der Waals surface area contributed by atoms with E-state index < -0.39 is 0 Å². The van der Waals surface area contributed by atoms with Gasteiger partial charge < -0.3 is 5.32 Å². The molecule has 2 rings (SSSR count). The third-order valence-corrected chi connectivity index (χ3v) is 3.90. The summed E-state index contributed by atoms with van der Waals surface area (Å²) in [6, 6.07) is 4.59. The van der Waals surface area contributed by atoms with E-state index in [-0.39, 0.29) is 0 Å². The lowest BCUT2D eigenvalue weighted by Gasteiger charge is -2.20. The Balaban J connectivity index is 2.24. The van der Waals surface area contributed by atoms with Crippen molar-refractivity contribution < 1.29 is 0 Å². The zero-order valence-corrected chi connectivity index (χ0v) is 13.6. The number of nitrogens with zero attached hydrogens (tertiary/aromatic N) is 3. The molecule has 0 radical (unpaired) electrons. The minimum absolute atomic E-state index is 0.291. The molecule has 2 heterocycles. The maximum atomic E-state index is 4.55. The summed E-state index contributed by atoms with van der Waals surface area (Å²) >= 11 is 0. The molecule has 4 heteroatoms. The number of hydrogen-bond donors (Lipinski definition) is 1. The summed E-state index contributed by atoms with van der Waals surface area (Å²) in [4.78, 5) is 4.30. The summed E-state index contributed by atoms with van der Waals surface area (Å²) in [7, 11) is 2.03. The van der Waals surface area contributed by atoms with E-state index in [1.165, 1.54) is 16.8 Å². The summed E-state index contributed by atoms with van der Waals surface area (Å²) in [5, 5.41) is 8.20. The van der Waals surface area contributed by atoms with E-state index in [9.17, 15) is 0 Å². The zero-order chi connectivity index (χ0) is 15.2. The molecule has 2 aromatic rings. The second-order valence-electron chi connectivity index (χ2n) is 5.55. The summed E-state index contributed by atoms with van der Waals surface area (Å²) in [6.07, 6.45) is 6.89. The van der Waals surface area contributed by atoms with Crippen LogP contribution in [0.15, 0.2) is 24.5 Å². The Kier molecular flexibility index (Phi) is 5.51. The van der Waals surface area contributed by atoms with E-state index >= 15 is 0 Å². The molecule has 2 aromatic heterocycles. The first-order valence-electron chi connectivity index (χ1n) is 7.81. The average Bonchev–Trinajstić information content (AvgIpc) is 2.84. The smallest absolute Gasteiger partial charge is 0.0624 e. The molecular formula is C17H26N4. The van der Waals surface area contributed by atoms with Crippen molar-refractivity contribution in [1.29, 1.82) is 0 Å². The van der Waals surface area contributed by atoms with Gasteiger partial charge in [0.05, 0.1) is 5.69 Å². The van der Waals surface area contributed by atoms with E-state index in [0.717, 1.165) is 31.5 Å². The van der Waals surface area contributed by atoms with Crippen LogP contribution in [0.5, 0.6) is 0 Å². The molecule has 0 aliphatic heterocycles. The number of pyridine rings is 1. The lowest BCUT2D eigenvalue weighted by Crippen LogP contribution is -2.25. The summed E-state index contributed by atoms with van der Waals surface area (Å²) in [6.45, 7) is 7.50. The van der Waals surface area contributed by atoms with E-state index in [4.69, 9.17) is 0 Å².